The molecule has 1 fully saturated rings. The molecule has 0 aromatic carbocycles. The van der Waals surface area contributed by atoms with Gasteiger partial charge < -0.3 is 4.90 Å². The van der Waals surface area contributed by atoms with Crippen molar-refractivity contribution in [3.05, 3.63) is 24.0 Å². The summed E-state index contributed by atoms with van der Waals surface area (Å²) in [5.74, 6) is 0.848. The summed E-state index contributed by atoms with van der Waals surface area (Å²) < 4.78 is 0. The summed E-state index contributed by atoms with van der Waals surface area (Å²) in [6, 6.07) is 3.67. The van der Waals surface area contributed by atoms with Gasteiger partial charge in [-0.1, -0.05) is 11.8 Å². The molecule has 2 rings (SSSR count). The second-order valence-electron chi connectivity index (χ2n) is 4.42. The van der Waals surface area contributed by atoms with Crippen molar-refractivity contribution in [2.75, 3.05) is 17.2 Å². The number of hydrogen-bond donors (Lipinski definition) is 0. The molecule has 19 heavy (non-hydrogen) atoms. The van der Waals surface area contributed by atoms with Gasteiger partial charge in [0.25, 0.3) is 0 Å². The Kier molecular flexibility index (Phi) is 4.17. The van der Waals surface area contributed by atoms with Crippen molar-refractivity contribution in [2.24, 2.45) is 5.92 Å². The molecule has 0 saturated carbocycles. The summed E-state index contributed by atoms with van der Waals surface area (Å²) in [6.45, 7) is 2.11. The zero-order chi connectivity index (χ0) is 13.8. The van der Waals surface area contributed by atoms with Crippen LogP contribution in [0.25, 0.3) is 0 Å². The van der Waals surface area contributed by atoms with Crippen LogP contribution in [-0.2, 0) is 9.59 Å². The van der Waals surface area contributed by atoms with E-state index in [1.54, 1.807) is 17.2 Å². The highest BCUT2D eigenvalue weighted by molar-refractivity contribution is 8.13. The van der Waals surface area contributed by atoms with Crippen molar-refractivity contribution in [3.63, 3.8) is 0 Å². The average Bonchev–Trinajstić information content (AvgIpc) is 2.78. The molecule has 1 saturated heterocycles. The number of aromatic nitrogens is 1. The lowest BCUT2D eigenvalue weighted by atomic mass is 10.1. The van der Waals surface area contributed by atoms with E-state index in [1.165, 1.54) is 24.9 Å². The van der Waals surface area contributed by atoms with Gasteiger partial charge in [0.2, 0.25) is 5.91 Å². The molecule has 2 heterocycles. The normalized spacial score (nSPS) is 18.4. The van der Waals surface area contributed by atoms with Crippen molar-refractivity contribution in [2.45, 2.75) is 13.3 Å². The van der Waals surface area contributed by atoms with Gasteiger partial charge in [-0.2, -0.15) is 5.26 Å². The number of nitrogens with zero attached hydrogens (tertiary/aromatic N) is 3. The lowest BCUT2D eigenvalue weighted by Crippen LogP contribution is -2.25. The molecule has 6 heteroatoms. The summed E-state index contributed by atoms with van der Waals surface area (Å²) >= 11 is 1.25. The van der Waals surface area contributed by atoms with E-state index >= 15 is 0 Å². The fraction of sp³-hybridized carbons (Fsp3) is 0.385. The molecule has 1 unspecified atom stereocenters. The number of carbonyl (C=O) groups excluding carboxylic acids is 2. The Labute approximate surface area is 115 Å². The van der Waals surface area contributed by atoms with E-state index in [0.29, 0.717) is 30.0 Å². The molecule has 1 amide bonds. The van der Waals surface area contributed by atoms with E-state index in [-0.39, 0.29) is 16.9 Å². The fourth-order valence-electron chi connectivity index (χ4n) is 2.01. The lowest BCUT2D eigenvalue weighted by Gasteiger charge is -2.16. The molecule has 1 aliphatic rings. The first-order valence-electron chi connectivity index (χ1n) is 5.89. The van der Waals surface area contributed by atoms with Crippen LogP contribution in [0.5, 0.6) is 0 Å². The van der Waals surface area contributed by atoms with Crippen molar-refractivity contribution >= 4 is 28.5 Å². The molecule has 1 aromatic rings. The van der Waals surface area contributed by atoms with Crippen LogP contribution in [0.15, 0.2) is 18.5 Å². The Balaban J connectivity index is 2.07. The monoisotopic (exact) mass is 275 g/mol. The minimum atomic E-state index is 0.0195. The molecular weight excluding hydrogens is 262 g/mol. The second-order valence-corrected chi connectivity index (χ2v) is 5.62. The van der Waals surface area contributed by atoms with Crippen LogP contribution in [0.3, 0.4) is 0 Å². The van der Waals surface area contributed by atoms with Crippen molar-refractivity contribution < 1.29 is 9.59 Å². The van der Waals surface area contributed by atoms with Crippen molar-refractivity contribution in [3.8, 4) is 6.07 Å². The number of pyridine rings is 1. The molecule has 0 spiro atoms. The van der Waals surface area contributed by atoms with Crippen LogP contribution in [0.2, 0.25) is 0 Å². The maximum Gasteiger partial charge on any atom is 0.227 e. The summed E-state index contributed by atoms with van der Waals surface area (Å²) in [4.78, 5) is 28.5. The predicted molar refractivity (Wildman–Crippen MR) is 72.6 cm³/mol. The van der Waals surface area contributed by atoms with E-state index in [0.717, 1.165) is 0 Å². The maximum absolute atomic E-state index is 12.0. The third kappa shape index (κ3) is 3.32. The molecule has 1 aromatic heterocycles. The number of hydrogen-bond acceptors (Lipinski definition) is 5. The van der Waals surface area contributed by atoms with Gasteiger partial charge in [-0.3, -0.25) is 14.6 Å². The minimum absolute atomic E-state index is 0.0195. The second kappa shape index (κ2) is 5.85. The number of rotatable bonds is 3. The zero-order valence-electron chi connectivity index (χ0n) is 10.5. The molecule has 0 aliphatic carbocycles. The van der Waals surface area contributed by atoms with Crippen LogP contribution in [0.1, 0.15) is 18.9 Å². The first-order chi connectivity index (χ1) is 9.10. The predicted octanol–water partition coefficient (Wildman–Crippen LogP) is 1.59. The van der Waals surface area contributed by atoms with Crippen LogP contribution >= 0.6 is 11.8 Å². The van der Waals surface area contributed by atoms with E-state index in [4.69, 9.17) is 5.26 Å². The van der Waals surface area contributed by atoms with Gasteiger partial charge in [-0.05, 0) is 12.0 Å². The minimum Gasteiger partial charge on any atom is -0.311 e. The summed E-state index contributed by atoms with van der Waals surface area (Å²) in [5.41, 5.74) is 1.09. The third-order valence-corrected chi connectivity index (χ3v) is 3.94. The molecule has 0 N–H and O–H groups in total. The first kappa shape index (κ1) is 13.6. The molecule has 0 bridgehead atoms. The summed E-state index contributed by atoms with van der Waals surface area (Å²) in [6.07, 6.45) is 3.49. The van der Waals surface area contributed by atoms with Crippen molar-refractivity contribution in [1.29, 1.82) is 5.26 Å². The van der Waals surface area contributed by atoms with Gasteiger partial charge in [-0.15, -0.1) is 0 Å². The molecule has 1 atom stereocenters. The molecule has 0 radical (unpaired) electrons. The largest absolute Gasteiger partial charge is 0.311 e. The molecular formula is C13H13N3O2S. The standard InChI is InChI=1S/C13H13N3O2S/c1-9(17)19-8-11-3-13(18)16(7-11)12-2-10(4-14)5-15-6-12/h2,5-6,11H,3,7-8H2,1H3. The van der Waals surface area contributed by atoms with Gasteiger partial charge >= 0.3 is 0 Å². The quantitative estimate of drug-likeness (QED) is 0.837. The maximum atomic E-state index is 12.0. The van der Waals surface area contributed by atoms with Gasteiger partial charge in [0.15, 0.2) is 5.12 Å². The Morgan fingerprint density at radius 1 is 1.63 bits per heavy atom. The Bertz CT molecular complexity index is 553. The van der Waals surface area contributed by atoms with Crippen LogP contribution < -0.4 is 4.90 Å². The number of nitriles is 1. The van der Waals surface area contributed by atoms with Gasteiger partial charge in [-0.25, -0.2) is 0 Å². The first-order valence-corrected chi connectivity index (χ1v) is 6.87. The highest BCUT2D eigenvalue weighted by atomic mass is 32.2. The zero-order valence-corrected chi connectivity index (χ0v) is 11.3. The van der Waals surface area contributed by atoms with Crippen LogP contribution in [-0.4, -0.2) is 28.3 Å². The van der Waals surface area contributed by atoms with Gasteiger partial charge in [0, 0.05) is 31.8 Å². The molecule has 1 aliphatic heterocycles. The van der Waals surface area contributed by atoms with Crippen LogP contribution in [0.4, 0.5) is 5.69 Å². The van der Waals surface area contributed by atoms with Gasteiger partial charge in [0.05, 0.1) is 17.4 Å². The van der Waals surface area contributed by atoms with Gasteiger partial charge in [0.1, 0.15) is 6.07 Å². The topological polar surface area (TPSA) is 74.1 Å². The fourth-order valence-corrected chi connectivity index (χ4v) is 2.71. The molecule has 5 nitrogen and oxygen atoms in total. The lowest BCUT2D eigenvalue weighted by molar-refractivity contribution is -0.117. The number of carbonyl (C=O) groups is 2. The number of amides is 1. The van der Waals surface area contributed by atoms with E-state index in [2.05, 4.69) is 4.98 Å². The van der Waals surface area contributed by atoms with Crippen LogP contribution in [0, 0.1) is 17.2 Å². The third-order valence-electron chi connectivity index (χ3n) is 2.89. The summed E-state index contributed by atoms with van der Waals surface area (Å²) in [5, 5.41) is 8.90. The number of anilines is 1. The number of thioether (sulfide) groups is 1. The smallest absolute Gasteiger partial charge is 0.227 e. The van der Waals surface area contributed by atoms with Crippen molar-refractivity contribution in [1.82, 2.24) is 4.98 Å². The Morgan fingerprint density at radius 2 is 2.42 bits per heavy atom. The van der Waals surface area contributed by atoms with E-state index in [9.17, 15) is 9.59 Å². The summed E-state index contributed by atoms with van der Waals surface area (Å²) in [7, 11) is 0. The highest BCUT2D eigenvalue weighted by Gasteiger charge is 2.31. The van der Waals surface area contributed by atoms with E-state index in [1.807, 2.05) is 6.07 Å². The molecule has 98 valence electrons. The Morgan fingerprint density at radius 3 is 3.11 bits per heavy atom. The highest BCUT2D eigenvalue weighted by Crippen LogP contribution is 2.27. The SMILES string of the molecule is CC(=O)SCC1CC(=O)N(c2cncc(C#N)c2)C1. The Hall–Kier alpha value is -1.87. The average molecular weight is 275 g/mol. The van der Waals surface area contributed by atoms with E-state index < -0.39 is 0 Å².